The maximum Gasteiger partial charge on any atom is 0.216 e. The summed E-state index contributed by atoms with van der Waals surface area (Å²) < 4.78 is 5.48. The highest BCUT2D eigenvalue weighted by molar-refractivity contribution is 8.00. The number of methoxy groups -OCH3 is 1. The number of pyridine rings is 1. The number of aromatic nitrogens is 1. The summed E-state index contributed by atoms with van der Waals surface area (Å²) in [4.78, 5) is 6.18. The number of thioether (sulfide) groups is 1. The van der Waals surface area contributed by atoms with Crippen LogP contribution in [0, 0.1) is 12.8 Å². The number of allylic oxidation sites excluding steroid dienone is 1. The van der Waals surface area contributed by atoms with E-state index in [-0.39, 0.29) is 0 Å². The molecule has 0 unspecified atom stereocenters. The van der Waals surface area contributed by atoms with Crippen molar-refractivity contribution < 1.29 is 4.74 Å². The van der Waals surface area contributed by atoms with E-state index < -0.39 is 0 Å². The van der Waals surface area contributed by atoms with Crippen molar-refractivity contribution in [2.24, 2.45) is 5.92 Å². The number of ether oxygens (including phenoxy) is 1. The topological polar surface area (TPSA) is 22.1 Å². The lowest BCUT2D eigenvalue weighted by Gasteiger charge is -2.13. The van der Waals surface area contributed by atoms with Crippen LogP contribution in [0.25, 0.3) is 5.57 Å². The lowest BCUT2D eigenvalue weighted by Crippen LogP contribution is -1.99. The fraction of sp³-hybridized carbons (Fsp3) is 0.458. The average molecular weight is 380 g/mol. The lowest BCUT2D eigenvalue weighted by atomic mass is 9.96. The highest BCUT2D eigenvalue weighted by atomic mass is 32.2. The van der Waals surface area contributed by atoms with Crippen LogP contribution in [0.5, 0.6) is 5.88 Å². The summed E-state index contributed by atoms with van der Waals surface area (Å²) in [5, 5.41) is 0.844. The van der Waals surface area contributed by atoms with Crippen molar-refractivity contribution in [3.05, 3.63) is 59.3 Å². The normalized spacial score (nSPS) is 18.1. The Morgan fingerprint density at radius 2 is 1.81 bits per heavy atom. The number of aryl methyl sites for hydroxylation is 1. The molecule has 27 heavy (non-hydrogen) atoms. The van der Waals surface area contributed by atoms with Crippen LogP contribution < -0.4 is 4.74 Å². The van der Waals surface area contributed by atoms with Gasteiger partial charge in [-0.25, -0.2) is 4.98 Å². The van der Waals surface area contributed by atoms with Crippen LogP contribution in [0.3, 0.4) is 0 Å². The molecule has 1 aromatic carbocycles. The zero-order chi connectivity index (χ0) is 18.6. The molecular weight excluding hydrogens is 350 g/mol. The van der Waals surface area contributed by atoms with E-state index in [1.165, 1.54) is 54.6 Å². The van der Waals surface area contributed by atoms with E-state index in [0.717, 1.165) is 34.7 Å². The highest BCUT2D eigenvalue weighted by Gasteiger charge is 2.22. The van der Waals surface area contributed by atoms with Crippen LogP contribution in [-0.4, -0.2) is 17.3 Å². The van der Waals surface area contributed by atoms with Gasteiger partial charge in [0, 0.05) is 21.3 Å². The van der Waals surface area contributed by atoms with Gasteiger partial charge < -0.3 is 4.74 Å². The molecule has 2 aliphatic rings. The van der Waals surface area contributed by atoms with Crippen LogP contribution in [0.4, 0.5) is 0 Å². The monoisotopic (exact) mass is 379 g/mol. The quantitative estimate of drug-likeness (QED) is 0.536. The van der Waals surface area contributed by atoms with Gasteiger partial charge in [-0.15, -0.1) is 11.8 Å². The molecule has 2 aromatic rings. The second-order valence-electron chi connectivity index (χ2n) is 7.87. The summed E-state index contributed by atoms with van der Waals surface area (Å²) in [5.74, 6) is 1.55. The first kappa shape index (κ1) is 18.6. The molecule has 142 valence electrons. The van der Waals surface area contributed by atoms with Gasteiger partial charge in [0.05, 0.1) is 12.8 Å². The third-order valence-corrected chi connectivity index (χ3v) is 6.99. The zero-order valence-corrected chi connectivity index (χ0v) is 17.2. The predicted octanol–water partition coefficient (Wildman–Crippen LogP) is 6.67. The Morgan fingerprint density at radius 3 is 2.48 bits per heavy atom. The van der Waals surface area contributed by atoms with E-state index in [4.69, 9.17) is 9.72 Å². The molecule has 0 amide bonds. The minimum atomic E-state index is 0.722. The third kappa shape index (κ3) is 4.76. The number of hydrogen-bond donors (Lipinski definition) is 0. The molecule has 0 aliphatic heterocycles. The summed E-state index contributed by atoms with van der Waals surface area (Å²) in [5.41, 5.74) is 4.58. The summed E-state index contributed by atoms with van der Waals surface area (Å²) in [7, 11) is 1.70. The maximum absolute atomic E-state index is 5.48. The van der Waals surface area contributed by atoms with Crippen LogP contribution in [0.15, 0.2) is 47.4 Å². The Bertz CT molecular complexity index is 802. The van der Waals surface area contributed by atoms with Crippen LogP contribution in [-0.2, 0) is 0 Å². The van der Waals surface area contributed by atoms with Crippen molar-refractivity contribution in [1.82, 2.24) is 4.98 Å². The molecule has 2 saturated carbocycles. The van der Waals surface area contributed by atoms with E-state index >= 15 is 0 Å². The van der Waals surface area contributed by atoms with Gasteiger partial charge in [0.15, 0.2) is 0 Å². The van der Waals surface area contributed by atoms with Crippen molar-refractivity contribution in [2.75, 3.05) is 7.11 Å². The first-order chi connectivity index (χ1) is 13.2. The van der Waals surface area contributed by atoms with Gasteiger partial charge in [-0.3, -0.25) is 0 Å². The van der Waals surface area contributed by atoms with Crippen LogP contribution in [0.1, 0.15) is 61.8 Å². The molecule has 2 fully saturated rings. The van der Waals surface area contributed by atoms with Gasteiger partial charge in [0.2, 0.25) is 5.88 Å². The molecule has 4 rings (SSSR count). The Hall–Kier alpha value is -1.74. The van der Waals surface area contributed by atoms with E-state index in [0.29, 0.717) is 0 Å². The molecular formula is C24H29NOS. The van der Waals surface area contributed by atoms with E-state index in [9.17, 15) is 0 Å². The molecule has 0 radical (unpaired) electrons. The van der Waals surface area contributed by atoms with Crippen LogP contribution in [0.2, 0.25) is 0 Å². The minimum Gasteiger partial charge on any atom is -0.481 e. The molecule has 0 N–H and O–H groups in total. The molecule has 3 heteroatoms. The summed E-state index contributed by atoms with van der Waals surface area (Å²) >= 11 is 2.01. The lowest BCUT2D eigenvalue weighted by molar-refractivity contribution is 0.394. The van der Waals surface area contributed by atoms with Gasteiger partial charge in [-0.05, 0) is 55.9 Å². The Kier molecular flexibility index (Phi) is 5.87. The summed E-state index contributed by atoms with van der Waals surface area (Å²) in [6.45, 7) is 2.04. The third-order valence-electron chi connectivity index (χ3n) is 5.64. The fourth-order valence-corrected chi connectivity index (χ4v) is 4.91. The van der Waals surface area contributed by atoms with E-state index in [2.05, 4.69) is 42.5 Å². The SMILES string of the molecule is COc1nc(/C(=C/CC2CCCC2)c2ccc(SC3CC3)cc2)ccc1C. The molecule has 0 atom stereocenters. The molecule has 1 heterocycles. The fourth-order valence-electron chi connectivity index (χ4n) is 3.86. The van der Waals surface area contributed by atoms with Gasteiger partial charge in [-0.1, -0.05) is 50.0 Å². The molecule has 0 bridgehead atoms. The smallest absolute Gasteiger partial charge is 0.216 e. The van der Waals surface area contributed by atoms with Gasteiger partial charge >= 0.3 is 0 Å². The molecule has 0 saturated heterocycles. The van der Waals surface area contributed by atoms with Crippen molar-refractivity contribution in [1.29, 1.82) is 0 Å². The number of benzene rings is 1. The summed E-state index contributed by atoms with van der Waals surface area (Å²) in [6, 6.07) is 13.3. The van der Waals surface area contributed by atoms with E-state index in [1.54, 1.807) is 7.11 Å². The Morgan fingerprint density at radius 1 is 1.07 bits per heavy atom. The largest absolute Gasteiger partial charge is 0.481 e. The Balaban J connectivity index is 1.63. The van der Waals surface area contributed by atoms with E-state index in [1.807, 2.05) is 18.7 Å². The standard InChI is InChI=1S/C24H29NOS/c1-17-7-16-23(25-24(17)26-2)22(15-8-18-5-3-4-6-18)19-9-11-20(12-10-19)27-21-13-14-21/h7,9-12,15-16,18,21H,3-6,8,13-14H2,1-2H3/b22-15+. The van der Waals surface area contributed by atoms with Crippen molar-refractivity contribution in [3.8, 4) is 5.88 Å². The molecule has 2 nitrogen and oxygen atoms in total. The number of nitrogens with zero attached hydrogens (tertiary/aromatic N) is 1. The summed E-state index contributed by atoms with van der Waals surface area (Å²) in [6.07, 6.45) is 11.8. The van der Waals surface area contributed by atoms with Crippen molar-refractivity contribution in [2.45, 2.75) is 62.0 Å². The van der Waals surface area contributed by atoms with Gasteiger partial charge in [0.1, 0.15) is 0 Å². The van der Waals surface area contributed by atoms with Gasteiger partial charge in [-0.2, -0.15) is 0 Å². The molecule has 2 aliphatic carbocycles. The minimum absolute atomic E-state index is 0.722. The molecule has 1 aromatic heterocycles. The van der Waals surface area contributed by atoms with Gasteiger partial charge in [0.25, 0.3) is 0 Å². The highest BCUT2D eigenvalue weighted by Crippen LogP contribution is 2.39. The molecule has 0 spiro atoms. The first-order valence-electron chi connectivity index (χ1n) is 10.2. The first-order valence-corrected chi connectivity index (χ1v) is 11.1. The second-order valence-corrected chi connectivity index (χ2v) is 9.24. The predicted molar refractivity (Wildman–Crippen MR) is 115 cm³/mol. The average Bonchev–Trinajstić information content (AvgIpc) is 3.35. The number of hydrogen-bond acceptors (Lipinski definition) is 3. The maximum atomic E-state index is 5.48. The number of rotatable bonds is 7. The zero-order valence-electron chi connectivity index (χ0n) is 16.4. The Labute approximate surface area is 167 Å². The van der Waals surface area contributed by atoms with Crippen molar-refractivity contribution >= 4 is 17.3 Å². The van der Waals surface area contributed by atoms with Crippen LogP contribution >= 0.6 is 11.8 Å². The second kappa shape index (κ2) is 8.52. The van der Waals surface area contributed by atoms with Crippen molar-refractivity contribution in [3.63, 3.8) is 0 Å².